The summed E-state index contributed by atoms with van der Waals surface area (Å²) in [6.45, 7) is 4.13. The van der Waals surface area contributed by atoms with Crippen molar-refractivity contribution in [2.45, 2.75) is 25.4 Å². The van der Waals surface area contributed by atoms with Crippen LogP contribution in [0.15, 0.2) is 34.5 Å². The lowest BCUT2D eigenvalue weighted by Crippen LogP contribution is -2.19. The molecule has 0 atom stereocenters. The van der Waals surface area contributed by atoms with E-state index in [-0.39, 0.29) is 5.69 Å². The highest BCUT2D eigenvalue weighted by Crippen LogP contribution is 2.15. The van der Waals surface area contributed by atoms with Crippen molar-refractivity contribution in [3.8, 4) is 0 Å². The lowest BCUT2D eigenvalue weighted by molar-refractivity contribution is -0.384. The lowest BCUT2D eigenvalue weighted by atomic mass is 10.1. The van der Waals surface area contributed by atoms with E-state index in [1.165, 1.54) is 28.7 Å². The number of hydrogen-bond acceptors (Lipinski definition) is 8. The van der Waals surface area contributed by atoms with Crippen molar-refractivity contribution in [2.75, 3.05) is 11.7 Å². The minimum Gasteiger partial charge on any atom is -0.277 e. The predicted molar refractivity (Wildman–Crippen MR) is 88.6 cm³/mol. The van der Waals surface area contributed by atoms with Gasteiger partial charge in [-0.15, -0.1) is 15.0 Å². The van der Waals surface area contributed by atoms with Gasteiger partial charge in [-0.1, -0.05) is 25.6 Å². The molecule has 0 aliphatic carbocycles. The largest absolute Gasteiger partial charge is 0.277 e. The highest BCUT2D eigenvalue weighted by Gasteiger charge is 2.11. The van der Waals surface area contributed by atoms with Crippen molar-refractivity contribution in [2.24, 2.45) is 11.0 Å². The molecule has 0 aliphatic heterocycles. The molecule has 0 unspecified atom stereocenters. The Morgan fingerprint density at radius 3 is 2.65 bits per heavy atom. The number of nitro groups is 1. The fourth-order valence-electron chi connectivity index (χ4n) is 1.72. The summed E-state index contributed by atoms with van der Waals surface area (Å²) in [6, 6.07) is 6.02. The number of non-ortho nitro benzene ring substituents is 1. The van der Waals surface area contributed by atoms with Crippen LogP contribution in [0.4, 0.5) is 11.4 Å². The lowest BCUT2D eigenvalue weighted by Gasteiger charge is -2.08. The van der Waals surface area contributed by atoms with Crippen molar-refractivity contribution in [3.63, 3.8) is 0 Å². The third-order valence-corrected chi connectivity index (χ3v) is 3.32. The molecule has 0 amide bonds. The summed E-state index contributed by atoms with van der Waals surface area (Å²) in [5, 5.41) is 27.6. The Labute approximate surface area is 137 Å². The monoisotopic (exact) mass is 335 g/mol. The summed E-state index contributed by atoms with van der Waals surface area (Å²) in [6.07, 6.45) is 2.53. The summed E-state index contributed by atoms with van der Waals surface area (Å²) < 4.78 is 0. The number of hydrazone groups is 1. The summed E-state index contributed by atoms with van der Waals surface area (Å²) >= 11 is 1.40. The van der Waals surface area contributed by atoms with Gasteiger partial charge in [-0.2, -0.15) is 5.10 Å². The quantitative estimate of drug-likeness (QED) is 0.284. The van der Waals surface area contributed by atoms with E-state index in [4.69, 9.17) is 0 Å². The molecule has 0 spiro atoms. The second kappa shape index (κ2) is 7.68. The fraction of sp³-hybridized carbons (Fsp3) is 0.385. The molecular formula is C13H17N7O2S. The van der Waals surface area contributed by atoms with Gasteiger partial charge in [0.1, 0.15) is 0 Å². The first-order valence-electron chi connectivity index (χ1n) is 6.91. The van der Waals surface area contributed by atoms with Crippen LogP contribution in [0.25, 0.3) is 0 Å². The molecule has 10 heteroatoms. The molecule has 122 valence electrons. The summed E-state index contributed by atoms with van der Waals surface area (Å²) in [5.74, 6) is 0.974. The second-order valence-corrected chi connectivity index (χ2v) is 5.88. The van der Waals surface area contributed by atoms with Gasteiger partial charge < -0.3 is 0 Å². The highest BCUT2D eigenvalue weighted by molar-refractivity contribution is 7.98. The van der Waals surface area contributed by atoms with E-state index in [2.05, 4.69) is 39.8 Å². The van der Waals surface area contributed by atoms with Gasteiger partial charge in [-0.05, 0) is 29.5 Å². The Morgan fingerprint density at radius 2 is 2.13 bits per heavy atom. The summed E-state index contributed by atoms with van der Waals surface area (Å²) in [5.41, 5.74) is 3.54. The molecule has 9 nitrogen and oxygen atoms in total. The van der Waals surface area contributed by atoms with Crippen LogP contribution in [0, 0.1) is 16.0 Å². The first kappa shape index (κ1) is 16.9. The Morgan fingerprint density at radius 1 is 1.43 bits per heavy atom. The molecule has 0 aliphatic rings. The average molecular weight is 335 g/mol. The van der Waals surface area contributed by atoms with E-state index in [0.29, 0.717) is 29.0 Å². The van der Waals surface area contributed by atoms with Gasteiger partial charge in [0.2, 0.25) is 5.16 Å². The molecule has 1 heterocycles. The molecule has 2 rings (SSSR count). The number of tetrazole rings is 1. The molecule has 1 aromatic heterocycles. The van der Waals surface area contributed by atoms with E-state index in [1.807, 2.05) is 6.26 Å². The average Bonchev–Trinajstić information content (AvgIpc) is 3.00. The number of hydrogen-bond donors (Lipinski definition) is 1. The zero-order chi connectivity index (χ0) is 16.8. The number of anilines is 1. The second-order valence-electron chi connectivity index (χ2n) is 5.11. The van der Waals surface area contributed by atoms with Crippen molar-refractivity contribution in [1.82, 2.24) is 20.2 Å². The van der Waals surface area contributed by atoms with Gasteiger partial charge in [-0.25, -0.2) is 0 Å². The van der Waals surface area contributed by atoms with E-state index in [0.717, 1.165) is 0 Å². The first-order valence-corrected chi connectivity index (χ1v) is 8.13. The fourth-order valence-corrected chi connectivity index (χ4v) is 1.99. The highest BCUT2D eigenvalue weighted by atomic mass is 32.2. The van der Waals surface area contributed by atoms with Crippen LogP contribution < -0.4 is 5.43 Å². The van der Waals surface area contributed by atoms with Gasteiger partial charge in [-0.3, -0.25) is 15.5 Å². The number of rotatable bonds is 6. The van der Waals surface area contributed by atoms with Crippen LogP contribution in [0.5, 0.6) is 0 Å². The van der Waals surface area contributed by atoms with Crippen molar-refractivity contribution < 1.29 is 4.92 Å². The SMILES string of the molecule is CSc1nnn(C(CC(C)C)=NNc2ccc([N+](=O)[O-])cc2)n1. The topological polar surface area (TPSA) is 111 Å². The van der Waals surface area contributed by atoms with Gasteiger partial charge >= 0.3 is 0 Å². The third-order valence-electron chi connectivity index (χ3n) is 2.79. The first-order chi connectivity index (χ1) is 11.0. The molecule has 1 N–H and O–H groups in total. The zero-order valence-corrected chi connectivity index (χ0v) is 13.8. The maximum absolute atomic E-state index is 10.6. The molecular weight excluding hydrogens is 318 g/mol. The molecule has 0 fully saturated rings. The van der Waals surface area contributed by atoms with Crippen LogP contribution in [0.2, 0.25) is 0 Å². The van der Waals surface area contributed by atoms with Crippen LogP contribution in [-0.4, -0.2) is 37.2 Å². The van der Waals surface area contributed by atoms with Crippen molar-refractivity contribution in [3.05, 3.63) is 34.4 Å². The van der Waals surface area contributed by atoms with Crippen LogP contribution in [0.1, 0.15) is 20.3 Å². The third kappa shape index (κ3) is 4.74. The molecule has 23 heavy (non-hydrogen) atoms. The number of nitrogens with zero attached hydrogens (tertiary/aromatic N) is 6. The molecule has 2 aromatic rings. The normalized spacial score (nSPS) is 11.7. The number of nitrogens with one attached hydrogen (secondary N) is 1. The number of thioether (sulfide) groups is 1. The smallest absolute Gasteiger partial charge is 0.269 e. The standard InChI is InChI=1S/C13H17N7O2S/c1-9(2)8-12(19-17-13(23-3)16-18-19)15-14-10-4-6-11(7-5-10)20(21)22/h4-7,9,14H,8H2,1-3H3. The minimum absolute atomic E-state index is 0.0319. The van der Waals surface area contributed by atoms with Crippen LogP contribution >= 0.6 is 11.8 Å². The van der Waals surface area contributed by atoms with E-state index in [1.54, 1.807) is 12.1 Å². The van der Waals surface area contributed by atoms with Gasteiger partial charge in [0.05, 0.1) is 10.6 Å². The molecule has 0 saturated heterocycles. The predicted octanol–water partition coefficient (Wildman–Crippen LogP) is 2.62. The molecule has 0 radical (unpaired) electrons. The van der Waals surface area contributed by atoms with Crippen LogP contribution in [-0.2, 0) is 0 Å². The minimum atomic E-state index is -0.444. The molecule has 1 aromatic carbocycles. The number of aromatic nitrogens is 4. The summed E-state index contributed by atoms with van der Waals surface area (Å²) in [7, 11) is 0. The van der Waals surface area contributed by atoms with Crippen LogP contribution in [0.3, 0.4) is 0 Å². The van der Waals surface area contributed by atoms with Gasteiger partial charge in [0.15, 0.2) is 5.84 Å². The summed E-state index contributed by atoms with van der Waals surface area (Å²) in [4.78, 5) is 11.6. The number of nitro benzene ring substituents is 1. The maximum Gasteiger partial charge on any atom is 0.269 e. The Hall–Kier alpha value is -2.49. The zero-order valence-electron chi connectivity index (χ0n) is 13.0. The van der Waals surface area contributed by atoms with Gasteiger partial charge in [0, 0.05) is 18.6 Å². The van der Waals surface area contributed by atoms with Crippen molar-refractivity contribution in [1.29, 1.82) is 0 Å². The Balaban J connectivity index is 2.17. The molecule has 0 bridgehead atoms. The van der Waals surface area contributed by atoms with Gasteiger partial charge in [0.25, 0.3) is 5.69 Å². The van der Waals surface area contributed by atoms with Crippen molar-refractivity contribution >= 4 is 29.0 Å². The number of benzene rings is 1. The van der Waals surface area contributed by atoms with E-state index in [9.17, 15) is 10.1 Å². The maximum atomic E-state index is 10.6. The molecule has 0 saturated carbocycles. The van der Waals surface area contributed by atoms with E-state index >= 15 is 0 Å². The van der Waals surface area contributed by atoms with E-state index < -0.39 is 4.92 Å². The Bertz CT molecular complexity index is 697. The Kier molecular flexibility index (Phi) is 5.63.